The van der Waals surface area contributed by atoms with Crippen LogP contribution in [-0.4, -0.2) is 47.3 Å². The topological polar surface area (TPSA) is 66.0 Å². The number of nitrogens with zero attached hydrogens (tertiary/aromatic N) is 4. The maximum absolute atomic E-state index is 13.1. The molecule has 6 nitrogen and oxygen atoms in total. The first-order valence-corrected chi connectivity index (χ1v) is 7.35. The average molecular weight is 361 g/mol. The van der Waals surface area contributed by atoms with E-state index >= 15 is 0 Å². The lowest BCUT2D eigenvalue weighted by atomic mass is 10.1. The Balaban J connectivity index is 2.17. The van der Waals surface area contributed by atoms with Gasteiger partial charge in [-0.1, -0.05) is 11.6 Å². The van der Waals surface area contributed by atoms with Crippen LogP contribution in [0.1, 0.15) is 5.56 Å². The van der Waals surface area contributed by atoms with Crippen molar-refractivity contribution in [2.45, 2.75) is 6.18 Å². The molecule has 0 bridgehead atoms. The zero-order chi connectivity index (χ0) is 17.7. The Morgan fingerprint density at radius 3 is 2.67 bits per heavy atom. The summed E-state index contributed by atoms with van der Waals surface area (Å²) in [6.07, 6.45) is -3.16. The lowest BCUT2D eigenvalue weighted by molar-refractivity contribution is -0.136. The molecule has 0 radical (unpaired) electrons. The summed E-state index contributed by atoms with van der Waals surface area (Å²) < 4.78 is 39.2. The van der Waals surface area contributed by atoms with E-state index in [9.17, 15) is 13.2 Å². The summed E-state index contributed by atoms with van der Waals surface area (Å²) >= 11 is 5.65. The van der Waals surface area contributed by atoms with Crippen LogP contribution in [0.4, 0.5) is 30.6 Å². The van der Waals surface area contributed by atoms with Crippen molar-refractivity contribution in [1.82, 2.24) is 20.1 Å². The number of hydrogen-bond acceptors (Lipinski definition) is 6. The summed E-state index contributed by atoms with van der Waals surface area (Å²) in [5.74, 6) is 0.370. The van der Waals surface area contributed by atoms with Crippen LogP contribution in [0.15, 0.2) is 24.4 Å². The Bertz CT molecular complexity index is 692. The van der Waals surface area contributed by atoms with E-state index in [1.54, 1.807) is 0 Å². The minimum Gasteiger partial charge on any atom is -0.367 e. The fourth-order valence-corrected chi connectivity index (χ4v) is 2.00. The van der Waals surface area contributed by atoms with E-state index in [-0.39, 0.29) is 16.7 Å². The number of anilines is 3. The second kappa shape index (κ2) is 7.63. The summed E-state index contributed by atoms with van der Waals surface area (Å²) in [4.78, 5) is 6.07. The maximum Gasteiger partial charge on any atom is 0.418 e. The van der Waals surface area contributed by atoms with Crippen molar-refractivity contribution >= 4 is 29.1 Å². The zero-order valence-electron chi connectivity index (χ0n) is 13.0. The van der Waals surface area contributed by atoms with E-state index in [2.05, 4.69) is 25.8 Å². The maximum atomic E-state index is 13.1. The van der Waals surface area contributed by atoms with Gasteiger partial charge in [0.05, 0.1) is 17.4 Å². The second-order valence-electron chi connectivity index (χ2n) is 5.21. The first kappa shape index (κ1) is 18.2. The summed E-state index contributed by atoms with van der Waals surface area (Å²) in [7, 11) is 3.85. The Labute approximate surface area is 142 Å². The Morgan fingerprint density at radius 1 is 1.25 bits per heavy atom. The number of likely N-dealkylation sites (N-methyl/N-ethyl adjacent to an activating group) is 1. The van der Waals surface area contributed by atoms with Crippen molar-refractivity contribution in [3.8, 4) is 0 Å². The zero-order valence-corrected chi connectivity index (χ0v) is 13.8. The van der Waals surface area contributed by atoms with Crippen molar-refractivity contribution in [2.24, 2.45) is 0 Å². The third-order valence-electron chi connectivity index (χ3n) is 2.96. The van der Waals surface area contributed by atoms with Gasteiger partial charge in [-0.05, 0) is 32.3 Å². The molecule has 0 aliphatic carbocycles. The highest BCUT2D eigenvalue weighted by atomic mass is 35.5. The fraction of sp³-hybridized carbons (Fsp3) is 0.357. The molecular weight excluding hydrogens is 345 g/mol. The fourth-order valence-electron chi connectivity index (χ4n) is 1.83. The highest BCUT2D eigenvalue weighted by molar-refractivity contribution is 6.30. The highest BCUT2D eigenvalue weighted by Gasteiger charge is 2.34. The van der Waals surface area contributed by atoms with Crippen LogP contribution < -0.4 is 10.6 Å². The molecule has 24 heavy (non-hydrogen) atoms. The summed E-state index contributed by atoms with van der Waals surface area (Å²) in [6.45, 7) is 1.38. The van der Waals surface area contributed by atoms with Crippen molar-refractivity contribution in [3.05, 3.63) is 35.0 Å². The molecule has 0 spiro atoms. The number of benzene rings is 1. The van der Waals surface area contributed by atoms with Crippen molar-refractivity contribution in [3.63, 3.8) is 0 Å². The van der Waals surface area contributed by atoms with E-state index in [1.165, 1.54) is 18.3 Å². The highest BCUT2D eigenvalue weighted by Crippen LogP contribution is 2.37. The van der Waals surface area contributed by atoms with Gasteiger partial charge in [-0.2, -0.15) is 23.3 Å². The molecule has 0 aliphatic heterocycles. The number of rotatable bonds is 6. The third-order valence-corrected chi connectivity index (χ3v) is 3.19. The minimum absolute atomic E-state index is 0.00831. The molecule has 2 rings (SSSR count). The molecule has 2 aromatic rings. The smallest absolute Gasteiger partial charge is 0.367 e. The van der Waals surface area contributed by atoms with E-state index in [0.717, 1.165) is 12.6 Å². The average Bonchev–Trinajstić information content (AvgIpc) is 2.48. The van der Waals surface area contributed by atoms with Gasteiger partial charge in [0.15, 0.2) is 5.82 Å². The van der Waals surface area contributed by atoms with Crippen LogP contribution in [0.5, 0.6) is 0 Å². The summed E-state index contributed by atoms with van der Waals surface area (Å²) in [5, 5.41) is 13.0. The molecule has 2 N–H and O–H groups in total. The van der Waals surface area contributed by atoms with Crippen molar-refractivity contribution < 1.29 is 13.2 Å². The van der Waals surface area contributed by atoms with Gasteiger partial charge in [0.1, 0.15) is 0 Å². The van der Waals surface area contributed by atoms with Crippen LogP contribution >= 0.6 is 11.6 Å². The normalized spacial score (nSPS) is 11.6. The summed E-state index contributed by atoms with van der Waals surface area (Å²) in [5.41, 5.74) is -1.09. The Kier molecular flexibility index (Phi) is 5.79. The number of nitrogens with one attached hydrogen (secondary N) is 2. The van der Waals surface area contributed by atoms with Crippen LogP contribution in [0, 0.1) is 0 Å². The van der Waals surface area contributed by atoms with Gasteiger partial charge in [0, 0.05) is 18.1 Å². The summed E-state index contributed by atoms with van der Waals surface area (Å²) in [6, 6.07) is 3.42. The second-order valence-corrected chi connectivity index (χ2v) is 5.64. The molecule has 0 aliphatic rings. The molecule has 0 amide bonds. The number of hydrogen-bond donors (Lipinski definition) is 2. The standard InChI is InChI=1S/C14H16ClF3N6/c1-24(2)6-5-19-12-8-20-23-13(22-12)21-11-4-3-9(15)7-10(11)14(16,17)18/h3-4,7-8H,5-6H2,1-2H3,(H2,19,21,22,23). The van der Waals surface area contributed by atoms with Crippen molar-refractivity contribution in [2.75, 3.05) is 37.8 Å². The van der Waals surface area contributed by atoms with Crippen LogP contribution in [0.2, 0.25) is 5.02 Å². The van der Waals surface area contributed by atoms with Crippen LogP contribution in [0.25, 0.3) is 0 Å². The van der Waals surface area contributed by atoms with Gasteiger partial charge in [-0.15, -0.1) is 5.10 Å². The first-order valence-electron chi connectivity index (χ1n) is 6.98. The quantitative estimate of drug-likeness (QED) is 0.824. The van der Waals surface area contributed by atoms with E-state index in [0.29, 0.717) is 12.4 Å². The Morgan fingerprint density at radius 2 is 2.00 bits per heavy atom. The molecule has 1 heterocycles. The van der Waals surface area contributed by atoms with Gasteiger partial charge in [-0.25, -0.2) is 0 Å². The molecule has 0 saturated carbocycles. The van der Waals surface area contributed by atoms with Crippen LogP contribution in [-0.2, 0) is 6.18 Å². The van der Waals surface area contributed by atoms with E-state index < -0.39 is 11.7 Å². The SMILES string of the molecule is CN(C)CCNc1cnnc(Nc2ccc(Cl)cc2C(F)(F)F)n1. The molecule has 1 aromatic heterocycles. The van der Waals surface area contributed by atoms with Gasteiger partial charge in [0.2, 0.25) is 5.95 Å². The first-order chi connectivity index (χ1) is 11.3. The van der Waals surface area contributed by atoms with Crippen molar-refractivity contribution in [1.29, 1.82) is 0 Å². The number of alkyl halides is 3. The molecule has 0 saturated heterocycles. The lowest BCUT2D eigenvalue weighted by Crippen LogP contribution is -2.21. The molecular formula is C14H16ClF3N6. The number of halogens is 4. The predicted molar refractivity (Wildman–Crippen MR) is 86.6 cm³/mol. The molecule has 0 fully saturated rings. The third kappa shape index (κ3) is 5.20. The van der Waals surface area contributed by atoms with Gasteiger partial charge in [-0.3, -0.25) is 0 Å². The molecule has 0 atom stereocenters. The molecule has 0 unspecified atom stereocenters. The molecule has 130 valence electrons. The Hall–Kier alpha value is -2.13. The minimum atomic E-state index is -4.55. The predicted octanol–water partition coefficient (Wildman–Crippen LogP) is 3.26. The van der Waals surface area contributed by atoms with Gasteiger partial charge in [0.25, 0.3) is 0 Å². The number of aromatic nitrogens is 3. The largest absolute Gasteiger partial charge is 0.418 e. The van der Waals surface area contributed by atoms with E-state index in [4.69, 9.17) is 11.6 Å². The lowest BCUT2D eigenvalue weighted by Gasteiger charge is -2.14. The monoisotopic (exact) mass is 360 g/mol. The molecule has 10 heteroatoms. The van der Waals surface area contributed by atoms with Crippen LogP contribution in [0.3, 0.4) is 0 Å². The van der Waals surface area contributed by atoms with Gasteiger partial charge < -0.3 is 15.5 Å². The molecule has 1 aromatic carbocycles. The van der Waals surface area contributed by atoms with E-state index in [1.807, 2.05) is 19.0 Å². The van der Waals surface area contributed by atoms with Gasteiger partial charge >= 0.3 is 6.18 Å².